The van der Waals surface area contributed by atoms with Crippen LogP contribution in [0.5, 0.6) is 6.01 Å². The molecule has 0 radical (unpaired) electrons. The Morgan fingerprint density at radius 2 is 1.74 bits per heavy atom. The molecule has 0 unspecified atom stereocenters. The van der Waals surface area contributed by atoms with Crippen molar-refractivity contribution in [2.75, 3.05) is 99.2 Å². The van der Waals surface area contributed by atoms with Gasteiger partial charge in [0.25, 0.3) is 5.91 Å². The highest BCUT2D eigenvalue weighted by Crippen LogP contribution is 2.42. The van der Waals surface area contributed by atoms with E-state index >= 15 is 0 Å². The van der Waals surface area contributed by atoms with Crippen molar-refractivity contribution in [3.8, 4) is 12.1 Å². The van der Waals surface area contributed by atoms with Gasteiger partial charge in [-0.3, -0.25) is 4.79 Å². The number of likely N-dealkylation sites (tertiary alicyclic amines) is 1. The normalized spacial score (nSPS) is 19.0. The minimum Gasteiger partial charge on any atom is -0.462 e. The first-order chi connectivity index (χ1) is 37.5. The number of aromatic amines is 1. The van der Waals surface area contributed by atoms with Crippen LogP contribution >= 0.6 is 11.6 Å². The molecule has 5 aliphatic rings. The van der Waals surface area contributed by atoms with E-state index in [-0.39, 0.29) is 49.2 Å². The molecule has 4 fully saturated rings. The number of hydrogen-bond donors (Lipinski definition) is 2. The lowest BCUT2D eigenvalue weighted by Crippen LogP contribution is -2.56. The Labute approximate surface area is 447 Å². The number of nitriles is 1. The van der Waals surface area contributed by atoms with Crippen molar-refractivity contribution < 1.29 is 27.8 Å². The zero-order chi connectivity index (χ0) is 52.9. The SMILES string of the molecule is C=C(COC(=O)N1CCN(c2nc(NCc3nc4c(F)c(F)ccc4[nH]3)n3ncc(C4CC4)c3n2)CC1)C(=O)N1CCN(c2nc(OC[C@@H]3CCCN3C)nc3c2CCN(c2cccc4cccc(Cl)c24)C3)C[C@@H]1CC#N. The van der Waals surface area contributed by atoms with E-state index in [4.69, 9.17) is 41.0 Å². The molecule has 398 valence electrons. The summed E-state index contributed by atoms with van der Waals surface area (Å²) in [5, 5.41) is 20.6. The number of ether oxygens (including phenoxy) is 2. The van der Waals surface area contributed by atoms with E-state index in [1.165, 1.54) is 6.07 Å². The molecule has 23 heteroatoms. The Kier molecular flexibility index (Phi) is 13.6. The van der Waals surface area contributed by atoms with E-state index in [9.17, 15) is 23.6 Å². The zero-order valence-corrected chi connectivity index (χ0v) is 43.4. The lowest BCUT2D eigenvalue weighted by Gasteiger charge is -2.42. The van der Waals surface area contributed by atoms with Gasteiger partial charge in [0.15, 0.2) is 17.3 Å². The van der Waals surface area contributed by atoms with E-state index in [1.807, 2.05) is 23.1 Å². The van der Waals surface area contributed by atoms with Crippen LogP contribution in [0.25, 0.3) is 27.5 Å². The highest BCUT2D eigenvalue weighted by atomic mass is 35.5. The molecule has 1 aliphatic carbocycles. The molecule has 7 aromatic rings. The Morgan fingerprint density at radius 1 is 0.922 bits per heavy atom. The van der Waals surface area contributed by atoms with Crippen molar-refractivity contribution in [1.82, 2.24) is 54.2 Å². The quantitative estimate of drug-likeness (QED) is 0.107. The number of nitrogens with zero attached hydrogens (tertiary/aromatic N) is 14. The van der Waals surface area contributed by atoms with Crippen molar-refractivity contribution in [2.45, 2.75) is 69.6 Å². The fourth-order valence-corrected chi connectivity index (χ4v) is 11.4. The van der Waals surface area contributed by atoms with Gasteiger partial charge in [-0.2, -0.15) is 34.8 Å². The molecule has 2 atom stereocenters. The largest absolute Gasteiger partial charge is 0.462 e. The van der Waals surface area contributed by atoms with E-state index in [0.717, 1.165) is 77.4 Å². The van der Waals surface area contributed by atoms with Crippen LogP contribution in [0.1, 0.15) is 60.7 Å². The summed E-state index contributed by atoms with van der Waals surface area (Å²) in [6, 6.07) is 17.0. The van der Waals surface area contributed by atoms with E-state index < -0.39 is 23.8 Å². The number of piperazine rings is 2. The van der Waals surface area contributed by atoms with Gasteiger partial charge in [0, 0.05) is 86.2 Å². The second kappa shape index (κ2) is 20.9. The summed E-state index contributed by atoms with van der Waals surface area (Å²) in [5.74, 6) is -0.0811. The highest BCUT2D eigenvalue weighted by Gasteiger charge is 2.36. The van der Waals surface area contributed by atoms with Gasteiger partial charge in [-0.1, -0.05) is 42.4 Å². The summed E-state index contributed by atoms with van der Waals surface area (Å²) in [7, 11) is 2.11. The van der Waals surface area contributed by atoms with Crippen molar-refractivity contribution in [1.29, 1.82) is 5.26 Å². The van der Waals surface area contributed by atoms with Crippen molar-refractivity contribution >= 4 is 74.5 Å². The first-order valence-electron chi connectivity index (χ1n) is 26.2. The molecule has 2 amide bonds. The Balaban J connectivity index is 0.690. The third-order valence-corrected chi connectivity index (χ3v) is 15.9. The number of anilines is 4. The molecule has 3 aromatic carbocycles. The van der Waals surface area contributed by atoms with Crippen LogP contribution in [-0.2, 0) is 29.0 Å². The smallest absolute Gasteiger partial charge is 0.410 e. The van der Waals surface area contributed by atoms with Gasteiger partial charge < -0.3 is 49.2 Å². The maximum atomic E-state index is 14.5. The second-order valence-electron chi connectivity index (χ2n) is 20.5. The average molecular weight is 1070 g/mol. The van der Waals surface area contributed by atoms with Crippen molar-refractivity contribution in [3.63, 3.8) is 0 Å². The number of benzene rings is 3. The Bertz CT molecular complexity index is 3480. The summed E-state index contributed by atoms with van der Waals surface area (Å²) in [5.41, 5.74) is 4.96. The topological polar surface area (TPSA) is 205 Å². The third-order valence-electron chi connectivity index (χ3n) is 15.5. The molecule has 4 aliphatic heterocycles. The number of nitrogens with one attached hydrogen (secondary N) is 2. The Morgan fingerprint density at radius 3 is 2.53 bits per heavy atom. The first kappa shape index (κ1) is 49.9. The monoisotopic (exact) mass is 1070 g/mol. The van der Waals surface area contributed by atoms with E-state index in [1.54, 1.807) is 20.5 Å². The number of carbonyl (C=O) groups excluding carboxylic acids is 2. The lowest BCUT2D eigenvalue weighted by atomic mass is 10.0. The second-order valence-corrected chi connectivity index (χ2v) is 20.9. The number of amides is 2. The predicted molar refractivity (Wildman–Crippen MR) is 285 cm³/mol. The molecule has 0 spiro atoms. The standard InChI is InChI=1S/C54H57ClF2N16O4/c1-32(30-77-54(75)69-22-20-68(21-23-69)52-64-49-38(33-11-12-33)26-60-73(49)51(66-52)59-27-44-61-41-14-13-40(56)46(57)47(41)63-44)50(74)72-25-24-71(28-35(72)15-17-58)48-37-16-19-70(43-10-4-7-34-6-3-9-39(55)45(34)43)29-42(37)62-53(65-48)76-31-36-8-5-18-67(36)2/h3-4,6-7,9-10,13-14,26,33,35-36H,1,5,8,11-12,15-16,18-25,27-31H2,2H3,(H,61,63)(H,59,64,66)/t35-,36-/m0/s1. The number of fused-ring (bicyclic) bond motifs is 4. The molecule has 77 heavy (non-hydrogen) atoms. The average Bonchev–Trinajstić information content (AvgIpc) is 3.86. The van der Waals surface area contributed by atoms with Crippen LogP contribution in [-0.4, -0.2) is 157 Å². The van der Waals surface area contributed by atoms with Crippen LogP contribution in [0.2, 0.25) is 5.02 Å². The van der Waals surface area contributed by atoms with Gasteiger partial charge >= 0.3 is 12.1 Å². The summed E-state index contributed by atoms with van der Waals surface area (Å²) in [6.07, 6.45) is 6.16. The summed E-state index contributed by atoms with van der Waals surface area (Å²) < 4.78 is 42.1. The van der Waals surface area contributed by atoms with Crippen LogP contribution < -0.4 is 24.8 Å². The number of rotatable bonds is 14. The molecule has 2 N–H and O–H groups in total. The first-order valence-corrected chi connectivity index (χ1v) is 26.6. The van der Waals surface area contributed by atoms with Gasteiger partial charge in [-0.25, -0.2) is 18.6 Å². The highest BCUT2D eigenvalue weighted by molar-refractivity contribution is 6.36. The van der Waals surface area contributed by atoms with Gasteiger partial charge in [-0.05, 0) is 81.3 Å². The number of hydrogen-bond acceptors (Lipinski definition) is 16. The van der Waals surface area contributed by atoms with Crippen molar-refractivity contribution in [3.05, 3.63) is 106 Å². The molecule has 8 heterocycles. The minimum atomic E-state index is -1.02. The van der Waals surface area contributed by atoms with Crippen molar-refractivity contribution in [2.24, 2.45) is 0 Å². The van der Waals surface area contributed by atoms with Gasteiger partial charge in [0.2, 0.25) is 11.9 Å². The molecule has 20 nitrogen and oxygen atoms in total. The summed E-state index contributed by atoms with van der Waals surface area (Å²) in [4.78, 5) is 66.8. The van der Waals surface area contributed by atoms with E-state index in [2.05, 4.69) is 73.0 Å². The molecular weight excluding hydrogens is 1010 g/mol. The van der Waals surface area contributed by atoms with Gasteiger partial charge in [0.1, 0.15) is 30.4 Å². The molecule has 3 saturated heterocycles. The van der Waals surface area contributed by atoms with Gasteiger partial charge in [0.05, 0.1) is 54.1 Å². The van der Waals surface area contributed by atoms with Crippen LogP contribution in [0.15, 0.2) is 66.9 Å². The Hall–Kier alpha value is -7.90. The number of aromatic nitrogens is 8. The molecular formula is C54H57ClF2N16O4. The van der Waals surface area contributed by atoms with E-state index in [0.29, 0.717) is 111 Å². The molecule has 1 saturated carbocycles. The number of imidazole rings is 1. The van der Waals surface area contributed by atoms with Gasteiger partial charge in [-0.15, -0.1) is 0 Å². The third kappa shape index (κ3) is 9.93. The number of carbonyl (C=O) groups is 2. The molecule has 0 bridgehead atoms. The minimum absolute atomic E-state index is 0.0712. The maximum Gasteiger partial charge on any atom is 0.410 e. The number of likely N-dealkylation sites (N-methyl/N-ethyl adjacent to an activating group) is 1. The lowest BCUT2D eigenvalue weighted by molar-refractivity contribution is -0.130. The summed E-state index contributed by atoms with van der Waals surface area (Å²) >= 11 is 6.80. The summed E-state index contributed by atoms with van der Waals surface area (Å²) in [6.45, 7) is 8.99. The fraction of sp³-hybridized carbons (Fsp3) is 0.426. The maximum absolute atomic E-state index is 14.5. The molecule has 12 rings (SSSR count). The number of halogens is 3. The predicted octanol–water partition coefficient (Wildman–Crippen LogP) is 6.85. The van der Waals surface area contributed by atoms with Crippen LogP contribution in [0, 0.1) is 23.0 Å². The fourth-order valence-electron chi connectivity index (χ4n) is 11.1. The number of H-pyrrole nitrogens is 1. The van der Waals surface area contributed by atoms with Crippen LogP contribution in [0.4, 0.5) is 37.0 Å². The zero-order valence-electron chi connectivity index (χ0n) is 42.6. The molecule has 4 aromatic heterocycles. The van der Waals surface area contributed by atoms with Crippen LogP contribution in [0.3, 0.4) is 0 Å².